The van der Waals surface area contributed by atoms with Crippen molar-refractivity contribution in [3.8, 4) is 0 Å². The molecule has 3 aromatic rings. The van der Waals surface area contributed by atoms with Crippen LogP contribution in [-0.2, 0) is 4.74 Å². The molecule has 110 valence electrons. The van der Waals surface area contributed by atoms with Crippen LogP contribution < -0.4 is 0 Å². The fourth-order valence-corrected chi connectivity index (χ4v) is 3.01. The summed E-state index contributed by atoms with van der Waals surface area (Å²) in [6.07, 6.45) is 0. The van der Waals surface area contributed by atoms with E-state index in [-0.39, 0.29) is 12.4 Å². The number of benzene rings is 2. The average molecular weight is 331 g/mol. The van der Waals surface area contributed by atoms with Crippen LogP contribution in [0.5, 0.6) is 0 Å². The molecule has 0 saturated heterocycles. The molecule has 0 radical (unpaired) electrons. The molecule has 22 heavy (non-hydrogen) atoms. The number of ether oxygens (including phenoxy) is 1. The van der Waals surface area contributed by atoms with E-state index in [0.29, 0.717) is 14.8 Å². The number of fused-ring (bicyclic) bond motifs is 1. The molecule has 0 aliphatic rings. The molecule has 0 spiro atoms. The zero-order valence-corrected chi connectivity index (χ0v) is 13.0. The van der Waals surface area contributed by atoms with Crippen molar-refractivity contribution in [2.75, 3.05) is 6.61 Å². The summed E-state index contributed by atoms with van der Waals surface area (Å²) in [7, 11) is 0. The average Bonchev–Trinajstić information content (AvgIpc) is 2.98. The van der Waals surface area contributed by atoms with Crippen LogP contribution in [-0.4, -0.2) is 18.4 Å². The molecule has 1 heterocycles. The summed E-state index contributed by atoms with van der Waals surface area (Å²) in [6, 6.07) is 16.4. The molecule has 0 aliphatic heterocycles. The first-order valence-electron chi connectivity index (χ1n) is 6.58. The number of Topliss-reactive ketones (excluding diaryl/α,β-unsaturated/α-hetero) is 1. The molecule has 0 fully saturated rings. The number of thiophene rings is 1. The van der Waals surface area contributed by atoms with Gasteiger partial charge in [-0.3, -0.25) is 4.79 Å². The minimum absolute atomic E-state index is 0.234. The number of carbonyl (C=O) groups is 2. The Morgan fingerprint density at radius 1 is 1.00 bits per heavy atom. The van der Waals surface area contributed by atoms with Gasteiger partial charge in [-0.15, -0.1) is 11.3 Å². The third kappa shape index (κ3) is 3.18. The van der Waals surface area contributed by atoms with Crippen LogP contribution in [0.2, 0.25) is 4.34 Å². The minimum atomic E-state index is -0.536. The van der Waals surface area contributed by atoms with Crippen molar-refractivity contribution in [1.29, 1.82) is 0 Å². The second-order valence-electron chi connectivity index (χ2n) is 4.66. The number of hydrogen-bond acceptors (Lipinski definition) is 4. The molecule has 0 unspecified atom stereocenters. The van der Waals surface area contributed by atoms with E-state index in [1.54, 1.807) is 24.3 Å². The van der Waals surface area contributed by atoms with Gasteiger partial charge in [0.2, 0.25) is 0 Å². The minimum Gasteiger partial charge on any atom is -0.453 e. The Bertz CT molecular complexity index is 854. The van der Waals surface area contributed by atoms with E-state index in [2.05, 4.69) is 0 Å². The maximum absolute atomic E-state index is 12.1. The van der Waals surface area contributed by atoms with Crippen molar-refractivity contribution < 1.29 is 14.3 Å². The molecule has 0 bridgehead atoms. The molecule has 3 nitrogen and oxygen atoms in total. The van der Waals surface area contributed by atoms with Crippen LogP contribution in [0.15, 0.2) is 54.6 Å². The highest BCUT2D eigenvalue weighted by atomic mass is 35.5. The first kappa shape index (κ1) is 14.8. The van der Waals surface area contributed by atoms with Crippen molar-refractivity contribution in [1.82, 2.24) is 0 Å². The molecule has 0 amide bonds. The lowest BCUT2D eigenvalue weighted by Gasteiger charge is -2.04. The molecule has 3 rings (SSSR count). The Labute approximate surface area is 136 Å². The number of ketones is 1. The van der Waals surface area contributed by atoms with Crippen LogP contribution in [0.4, 0.5) is 0 Å². The standard InChI is InChI=1S/C17H11ClO3S/c18-16-8-7-15(22-16)17(20)21-10-14(19)13-6-5-11-3-1-2-4-12(11)9-13/h1-9H,10H2. The molecule has 0 N–H and O–H groups in total. The predicted molar refractivity (Wildman–Crippen MR) is 87.9 cm³/mol. The van der Waals surface area contributed by atoms with E-state index in [1.165, 1.54) is 0 Å². The van der Waals surface area contributed by atoms with Crippen molar-refractivity contribution >= 4 is 45.5 Å². The first-order chi connectivity index (χ1) is 10.6. The Hall–Kier alpha value is -2.17. The van der Waals surface area contributed by atoms with E-state index >= 15 is 0 Å². The van der Waals surface area contributed by atoms with E-state index < -0.39 is 5.97 Å². The van der Waals surface area contributed by atoms with Crippen LogP contribution in [0.25, 0.3) is 10.8 Å². The van der Waals surface area contributed by atoms with Gasteiger partial charge in [-0.2, -0.15) is 0 Å². The summed E-state index contributed by atoms with van der Waals surface area (Å²) in [5, 5.41) is 2.04. The van der Waals surface area contributed by atoms with Crippen molar-refractivity contribution in [2.45, 2.75) is 0 Å². The van der Waals surface area contributed by atoms with Crippen molar-refractivity contribution in [2.24, 2.45) is 0 Å². The van der Waals surface area contributed by atoms with Crippen LogP contribution in [0.3, 0.4) is 0 Å². The summed E-state index contributed by atoms with van der Waals surface area (Å²) in [5.41, 5.74) is 0.524. The highest BCUT2D eigenvalue weighted by Gasteiger charge is 2.13. The van der Waals surface area contributed by atoms with Gasteiger partial charge in [-0.25, -0.2) is 4.79 Å². The molecule has 2 aromatic carbocycles. The fourth-order valence-electron chi connectivity index (χ4n) is 2.07. The highest BCUT2D eigenvalue weighted by molar-refractivity contribution is 7.17. The largest absolute Gasteiger partial charge is 0.453 e. The Kier molecular flexibility index (Phi) is 4.22. The summed E-state index contributed by atoms with van der Waals surface area (Å²) >= 11 is 6.89. The van der Waals surface area contributed by atoms with Gasteiger partial charge in [0.05, 0.1) is 4.34 Å². The predicted octanol–water partition coefficient (Wildman–Crippen LogP) is 4.59. The summed E-state index contributed by atoms with van der Waals surface area (Å²) in [6.45, 7) is -0.285. The second kappa shape index (κ2) is 6.30. The van der Waals surface area contributed by atoms with Gasteiger partial charge < -0.3 is 4.74 Å². The van der Waals surface area contributed by atoms with Crippen LogP contribution >= 0.6 is 22.9 Å². The summed E-state index contributed by atoms with van der Waals surface area (Å²) in [4.78, 5) is 24.3. The molecular weight excluding hydrogens is 320 g/mol. The highest BCUT2D eigenvalue weighted by Crippen LogP contribution is 2.22. The normalized spacial score (nSPS) is 10.6. The third-order valence-electron chi connectivity index (χ3n) is 3.18. The van der Waals surface area contributed by atoms with Gasteiger partial charge in [0.25, 0.3) is 0 Å². The van der Waals surface area contributed by atoms with Crippen molar-refractivity contribution in [3.63, 3.8) is 0 Å². The monoisotopic (exact) mass is 330 g/mol. The van der Waals surface area contributed by atoms with E-state index in [0.717, 1.165) is 22.1 Å². The van der Waals surface area contributed by atoms with Crippen LogP contribution in [0, 0.1) is 0 Å². The van der Waals surface area contributed by atoms with E-state index in [9.17, 15) is 9.59 Å². The lowest BCUT2D eigenvalue weighted by atomic mass is 10.0. The SMILES string of the molecule is O=C(COC(=O)c1ccc(Cl)s1)c1ccc2ccccc2c1. The summed E-state index contributed by atoms with van der Waals surface area (Å²) in [5.74, 6) is -0.771. The van der Waals surface area contributed by atoms with Gasteiger partial charge in [-0.1, -0.05) is 48.0 Å². The Morgan fingerprint density at radius 3 is 2.50 bits per heavy atom. The maximum Gasteiger partial charge on any atom is 0.348 e. The Morgan fingerprint density at radius 2 is 1.77 bits per heavy atom. The number of rotatable bonds is 4. The lowest BCUT2D eigenvalue weighted by Crippen LogP contribution is -2.13. The summed E-state index contributed by atoms with van der Waals surface area (Å²) < 4.78 is 5.54. The van der Waals surface area contributed by atoms with Gasteiger partial charge in [0.1, 0.15) is 4.88 Å². The zero-order chi connectivity index (χ0) is 15.5. The first-order valence-corrected chi connectivity index (χ1v) is 7.77. The Balaban J connectivity index is 1.69. The molecule has 5 heteroatoms. The fraction of sp³-hybridized carbons (Fsp3) is 0.0588. The number of esters is 1. The zero-order valence-electron chi connectivity index (χ0n) is 11.4. The van der Waals surface area contributed by atoms with Gasteiger partial charge in [0, 0.05) is 5.56 Å². The molecule has 1 aromatic heterocycles. The molecule has 0 aliphatic carbocycles. The smallest absolute Gasteiger partial charge is 0.348 e. The lowest BCUT2D eigenvalue weighted by molar-refractivity contribution is 0.0479. The number of halogens is 1. The second-order valence-corrected chi connectivity index (χ2v) is 6.38. The van der Waals surface area contributed by atoms with Crippen LogP contribution in [0.1, 0.15) is 20.0 Å². The topological polar surface area (TPSA) is 43.4 Å². The van der Waals surface area contributed by atoms with Gasteiger partial charge in [-0.05, 0) is 29.0 Å². The molecule has 0 atom stereocenters. The quantitative estimate of drug-likeness (QED) is 0.519. The van der Waals surface area contributed by atoms with Gasteiger partial charge in [0.15, 0.2) is 12.4 Å². The third-order valence-corrected chi connectivity index (χ3v) is 4.39. The van der Waals surface area contributed by atoms with Gasteiger partial charge >= 0.3 is 5.97 Å². The number of hydrogen-bond donors (Lipinski definition) is 0. The maximum atomic E-state index is 12.1. The van der Waals surface area contributed by atoms with E-state index in [4.69, 9.17) is 16.3 Å². The number of carbonyl (C=O) groups excluding carboxylic acids is 2. The van der Waals surface area contributed by atoms with E-state index in [1.807, 2.05) is 30.3 Å². The van der Waals surface area contributed by atoms with Crippen molar-refractivity contribution in [3.05, 3.63) is 69.4 Å². The molecular formula is C17H11ClO3S. The molecule has 0 saturated carbocycles.